The lowest BCUT2D eigenvalue weighted by atomic mass is 10.1. The zero-order chi connectivity index (χ0) is 11.4. The number of nitrogens with two attached hydrogens (primary N) is 1. The SMILES string of the molecule is NC(=O)C(=O)CC(=O)N1CCC(O)CC1. The standard InChI is InChI=1S/C9H14N2O4/c10-9(15)7(13)5-8(14)11-3-1-6(12)2-4-11/h6,12H,1-5H2,(H2,10,15). The van der Waals surface area contributed by atoms with E-state index in [1.807, 2.05) is 0 Å². The predicted molar refractivity (Wildman–Crippen MR) is 50.6 cm³/mol. The van der Waals surface area contributed by atoms with Gasteiger partial charge in [-0.15, -0.1) is 0 Å². The van der Waals surface area contributed by atoms with Crippen molar-refractivity contribution in [1.29, 1.82) is 0 Å². The van der Waals surface area contributed by atoms with Crippen molar-refractivity contribution in [3.63, 3.8) is 0 Å². The van der Waals surface area contributed by atoms with Crippen LogP contribution in [-0.2, 0) is 14.4 Å². The number of aliphatic hydroxyl groups is 1. The Morgan fingerprint density at radius 1 is 1.27 bits per heavy atom. The van der Waals surface area contributed by atoms with Gasteiger partial charge in [0.05, 0.1) is 12.5 Å². The Morgan fingerprint density at radius 3 is 2.27 bits per heavy atom. The molecule has 0 aromatic rings. The first-order valence-electron chi connectivity index (χ1n) is 4.79. The van der Waals surface area contributed by atoms with E-state index >= 15 is 0 Å². The molecule has 0 radical (unpaired) electrons. The molecule has 0 aromatic heterocycles. The average molecular weight is 214 g/mol. The molecule has 15 heavy (non-hydrogen) atoms. The highest BCUT2D eigenvalue weighted by Gasteiger charge is 2.24. The normalized spacial score (nSPS) is 17.5. The minimum absolute atomic E-state index is 0.374. The Bertz CT molecular complexity index is 282. The van der Waals surface area contributed by atoms with Crippen LogP contribution in [0.1, 0.15) is 19.3 Å². The highest BCUT2D eigenvalue weighted by molar-refractivity contribution is 6.38. The summed E-state index contributed by atoms with van der Waals surface area (Å²) in [6.45, 7) is 0.845. The van der Waals surface area contributed by atoms with E-state index in [9.17, 15) is 19.5 Å². The van der Waals surface area contributed by atoms with Crippen LogP contribution in [-0.4, -0.2) is 46.8 Å². The number of primary amides is 1. The van der Waals surface area contributed by atoms with Gasteiger partial charge in [0.1, 0.15) is 0 Å². The number of amides is 2. The number of piperidine rings is 1. The minimum Gasteiger partial charge on any atom is -0.393 e. The molecule has 84 valence electrons. The van der Waals surface area contributed by atoms with Gasteiger partial charge in [-0.05, 0) is 12.8 Å². The van der Waals surface area contributed by atoms with Crippen LogP contribution in [0.2, 0.25) is 0 Å². The molecular formula is C9H14N2O4. The van der Waals surface area contributed by atoms with Crippen molar-refractivity contribution < 1.29 is 19.5 Å². The smallest absolute Gasteiger partial charge is 0.285 e. The van der Waals surface area contributed by atoms with E-state index in [2.05, 4.69) is 0 Å². The molecule has 6 nitrogen and oxygen atoms in total. The van der Waals surface area contributed by atoms with Crippen LogP contribution in [0, 0.1) is 0 Å². The van der Waals surface area contributed by atoms with Gasteiger partial charge in [-0.25, -0.2) is 0 Å². The van der Waals surface area contributed by atoms with Crippen molar-refractivity contribution in [3.8, 4) is 0 Å². The Hall–Kier alpha value is -1.43. The summed E-state index contributed by atoms with van der Waals surface area (Å²) >= 11 is 0. The quantitative estimate of drug-likeness (QED) is 0.437. The maximum absolute atomic E-state index is 11.4. The van der Waals surface area contributed by atoms with Crippen molar-refractivity contribution in [3.05, 3.63) is 0 Å². The third kappa shape index (κ3) is 3.32. The largest absolute Gasteiger partial charge is 0.393 e. The molecule has 1 saturated heterocycles. The van der Waals surface area contributed by atoms with Gasteiger partial charge in [0.2, 0.25) is 11.7 Å². The molecule has 2 amide bonds. The van der Waals surface area contributed by atoms with Crippen LogP contribution in [0.15, 0.2) is 0 Å². The minimum atomic E-state index is -1.08. The highest BCUT2D eigenvalue weighted by Crippen LogP contribution is 2.10. The lowest BCUT2D eigenvalue weighted by molar-refractivity contribution is -0.142. The van der Waals surface area contributed by atoms with E-state index < -0.39 is 24.0 Å². The molecule has 0 bridgehead atoms. The van der Waals surface area contributed by atoms with E-state index in [4.69, 9.17) is 5.73 Å². The number of aliphatic hydroxyl groups excluding tert-OH is 1. The average Bonchev–Trinajstić information content (AvgIpc) is 2.18. The van der Waals surface area contributed by atoms with Crippen molar-refractivity contribution in [2.45, 2.75) is 25.4 Å². The Balaban J connectivity index is 2.41. The molecule has 1 fully saturated rings. The Morgan fingerprint density at radius 2 is 1.80 bits per heavy atom. The van der Waals surface area contributed by atoms with E-state index in [0.29, 0.717) is 25.9 Å². The fourth-order valence-corrected chi connectivity index (χ4v) is 1.45. The molecule has 0 spiro atoms. The summed E-state index contributed by atoms with van der Waals surface area (Å²) in [7, 11) is 0. The first-order valence-corrected chi connectivity index (χ1v) is 4.79. The summed E-state index contributed by atoms with van der Waals surface area (Å²) < 4.78 is 0. The number of hydrogen-bond donors (Lipinski definition) is 2. The van der Waals surface area contributed by atoms with Gasteiger partial charge >= 0.3 is 0 Å². The summed E-state index contributed by atoms with van der Waals surface area (Å²) in [6.07, 6.45) is 0.180. The summed E-state index contributed by atoms with van der Waals surface area (Å²) in [5.41, 5.74) is 4.74. The molecule has 0 unspecified atom stereocenters. The number of rotatable bonds is 3. The lowest BCUT2D eigenvalue weighted by Crippen LogP contribution is -2.41. The van der Waals surface area contributed by atoms with Crippen molar-refractivity contribution in [1.82, 2.24) is 4.90 Å². The second kappa shape index (κ2) is 4.88. The van der Waals surface area contributed by atoms with E-state index in [0.717, 1.165) is 0 Å². The van der Waals surface area contributed by atoms with Crippen molar-refractivity contribution in [2.75, 3.05) is 13.1 Å². The third-order valence-corrected chi connectivity index (χ3v) is 2.40. The number of Topliss-reactive ketones (excluding diaryl/α,β-unsaturated/α-hetero) is 1. The van der Waals surface area contributed by atoms with E-state index in [-0.39, 0.29) is 6.10 Å². The molecule has 0 aromatic carbocycles. The zero-order valence-electron chi connectivity index (χ0n) is 8.31. The summed E-state index contributed by atoms with van der Waals surface area (Å²) in [5.74, 6) is -2.35. The summed E-state index contributed by atoms with van der Waals surface area (Å²) in [5, 5.41) is 9.20. The molecule has 0 aliphatic carbocycles. The molecule has 0 atom stereocenters. The summed E-state index contributed by atoms with van der Waals surface area (Å²) in [6, 6.07) is 0. The topological polar surface area (TPSA) is 101 Å². The number of carbonyl (C=O) groups is 3. The monoisotopic (exact) mass is 214 g/mol. The number of ketones is 1. The molecule has 6 heteroatoms. The fraction of sp³-hybridized carbons (Fsp3) is 0.667. The van der Waals surface area contributed by atoms with Gasteiger partial charge in [0, 0.05) is 13.1 Å². The number of hydrogen-bond acceptors (Lipinski definition) is 4. The molecular weight excluding hydrogens is 200 g/mol. The molecule has 1 aliphatic rings. The maximum Gasteiger partial charge on any atom is 0.285 e. The molecule has 1 heterocycles. The number of carbonyl (C=O) groups excluding carboxylic acids is 3. The van der Waals surface area contributed by atoms with Gasteiger partial charge in [0.15, 0.2) is 0 Å². The van der Waals surface area contributed by atoms with E-state index in [1.165, 1.54) is 4.90 Å². The van der Waals surface area contributed by atoms with Crippen molar-refractivity contribution in [2.24, 2.45) is 5.73 Å². The van der Waals surface area contributed by atoms with Crippen LogP contribution in [0.3, 0.4) is 0 Å². The predicted octanol–water partition coefficient (Wildman–Crippen LogP) is -1.59. The first-order chi connectivity index (χ1) is 7.00. The second-order valence-electron chi connectivity index (χ2n) is 3.58. The van der Waals surface area contributed by atoms with Crippen LogP contribution in [0.4, 0.5) is 0 Å². The van der Waals surface area contributed by atoms with Crippen molar-refractivity contribution >= 4 is 17.6 Å². The summed E-state index contributed by atoms with van der Waals surface area (Å²) in [4.78, 5) is 34.2. The third-order valence-electron chi connectivity index (χ3n) is 2.40. The number of nitrogens with zero attached hydrogens (tertiary/aromatic N) is 1. The fourth-order valence-electron chi connectivity index (χ4n) is 1.45. The maximum atomic E-state index is 11.4. The second-order valence-corrected chi connectivity index (χ2v) is 3.58. The van der Waals surface area contributed by atoms with Gasteiger partial charge < -0.3 is 15.7 Å². The molecule has 3 N–H and O–H groups in total. The van der Waals surface area contributed by atoms with Crippen LogP contribution < -0.4 is 5.73 Å². The van der Waals surface area contributed by atoms with Gasteiger partial charge in [-0.2, -0.15) is 0 Å². The van der Waals surface area contributed by atoms with Gasteiger partial charge in [0.25, 0.3) is 5.91 Å². The molecule has 1 aliphatic heterocycles. The van der Waals surface area contributed by atoms with Crippen LogP contribution in [0.5, 0.6) is 0 Å². The highest BCUT2D eigenvalue weighted by atomic mass is 16.3. The Kier molecular flexibility index (Phi) is 3.79. The van der Waals surface area contributed by atoms with Crippen LogP contribution >= 0.6 is 0 Å². The van der Waals surface area contributed by atoms with Gasteiger partial charge in [-0.3, -0.25) is 14.4 Å². The van der Waals surface area contributed by atoms with E-state index in [1.54, 1.807) is 0 Å². The number of likely N-dealkylation sites (tertiary alicyclic amines) is 1. The van der Waals surface area contributed by atoms with Crippen LogP contribution in [0.25, 0.3) is 0 Å². The lowest BCUT2D eigenvalue weighted by Gasteiger charge is -2.29. The van der Waals surface area contributed by atoms with Gasteiger partial charge in [-0.1, -0.05) is 0 Å². The molecule has 0 saturated carbocycles. The zero-order valence-corrected chi connectivity index (χ0v) is 8.31. The Labute approximate surface area is 87.0 Å². The first kappa shape index (κ1) is 11.6. The molecule has 1 rings (SSSR count).